The summed E-state index contributed by atoms with van der Waals surface area (Å²) in [4.78, 5) is 4.32. The number of nitrogens with one attached hydrogen (secondary N) is 1. The molecule has 0 aliphatic carbocycles. The van der Waals surface area contributed by atoms with Gasteiger partial charge in [-0.15, -0.1) is 6.58 Å². The summed E-state index contributed by atoms with van der Waals surface area (Å²) < 4.78 is 0. The molecule has 0 saturated carbocycles. The van der Waals surface area contributed by atoms with Crippen molar-refractivity contribution in [2.24, 2.45) is 0 Å². The molecule has 82 valence electrons. The Morgan fingerprint density at radius 1 is 1.60 bits per heavy atom. The van der Waals surface area contributed by atoms with Gasteiger partial charge in [0, 0.05) is 17.9 Å². The Bertz CT molecular complexity index is 307. The van der Waals surface area contributed by atoms with Crippen LogP contribution in [0.4, 0.5) is 0 Å². The summed E-state index contributed by atoms with van der Waals surface area (Å²) in [5.74, 6) is 0. The van der Waals surface area contributed by atoms with Crippen molar-refractivity contribution in [1.29, 1.82) is 0 Å². The summed E-state index contributed by atoms with van der Waals surface area (Å²) in [5.41, 5.74) is 2.39. The van der Waals surface area contributed by atoms with Crippen molar-refractivity contribution in [3.05, 3.63) is 42.2 Å². The average molecular weight is 204 g/mol. The normalized spacial score (nSPS) is 12.4. The lowest BCUT2D eigenvalue weighted by Gasteiger charge is -2.18. The standard InChI is InChI=1S/C13H20N2/c1-4-7-13(15-9-5-2)12-8-6-10-14-11(12)3/h4,6,8,10,13,15H,1,5,7,9H2,2-3H3. The van der Waals surface area contributed by atoms with Crippen molar-refractivity contribution in [1.82, 2.24) is 10.3 Å². The maximum Gasteiger partial charge on any atom is 0.0420 e. The quantitative estimate of drug-likeness (QED) is 0.720. The van der Waals surface area contributed by atoms with Gasteiger partial charge < -0.3 is 5.32 Å². The summed E-state index contributed by atoms with van der Waals surface area (Å²) in [6.45, 7) is 9.07. The first kappa shape index (κ1) is 11.9. The van der Waals surface area contributed by atoms with Gasteiger partial charge >= 0.3 is 0 Å². The van der Waals surface area contributed by atoms with Crippen LogP contribution in [0, 0.1) is 6.92 Å². The molecule has 2 heteroatoms. The Morgan fingerprint density at radius 3 is 3.00 bits per heavy atom. The summed E-state index contributed by atoms with van der Waals surface area (Å²) in [7, 11) is 0. The van der Waals surface area contributed by atoms with Crippen LogP contribution in [0.5, 0.6) is 0 Å². The predicted octanol–water partition coefficient (Wildman–Crippen LogP) is 3.01. The highest BCUT2D eigenvalue weighted by Crippen LogP contribution is 2.19. The monoisotopic (exact) mass is 204 g/mol. The zero-order chi connectivity index (χ0) is 11.1. The Balaban J connectivity index is 2.78. The van der Waals surface area contributed by atoms with E-state index in [4.69, 9.17) is 0 Å². The molecule has 1 unspecified atom stereocenters. The lowest BCUT2D eigenvalue weighted by atomic mass is 10.0. The maximum absolute atomic E-state index is 4.32. The summed E-state index contributed by atoms with van der Waals surface area (Å²) >= 11 is 0. The molecule has 1 aromatic heterocycles. The van der Waals surface area contributed by atoms with Crippen LogP contribution in [0.3, 0.4) is 0 Å². The van der Waals surface area contributed by atoms with Gasteiger partial charge in [0.05, 0.1) is 0 Å². The van der Waals surface area contributed by atoms with E-state index in [2.05, 4.69) is 36.8 Å². The third-order valence-corrected chi connectivity index (χ3v) is 2.47. The second kappa shape index (κ2) is 6.36. The molecule has 1 aromatic rings. The van der Waals surface area contributed by atoms with E-state index in [9.17, 15) is 0 Å². The molecule has 0 radical (unpaired) electrons. The molecule has 0 saturated heterocycles. The van der Waals surface area contributed by atoms with E-state index < -0.39 is 0 Å². The van der Waals surface area contributed by atoms with E-state index in [0.717, 1.165) is 25.1 Å². The van der Waals surface area contributed by atoms with Crippen LogP contribution < -0.4 is 5.32 Å². The molecule has 1 atom stereocenters. The molecule has 0 aliphatic rings. The van der Waals surface area contributed by atoms with Crippen molar-refractivity contribution in [2.75, 3.05) is 6.54 Å². The molecule has 0 bridgehead atoms. The Morgan fingerprint density at radius 2 is 2.40 bits per heavy atom. The number of pyridine rings is 1. The van der Waals surface area contributed by atoms with E-state index in [0.29, 0.717) is 6.04 Å². The van der Waals surface area contributed by atoms with Crippen molar-refractivity contribution in [2.45, 2.75) is 32.7 Å². The Labute approximate surface area is 92.4 Å². The van der Waals surface area contributed by atoms with Crippen LogP contribution in [0.15, 0.2) is 31.0 Å². The van der Waals surface area contributed by atoms with Gasteiger partial charge in [-0.25, -0.2) is 0 Å². The second-order valence-electron chi connectivity index (χ2n) is 3.71. The second-order valence-corrected chi connectivity index (χ2v) is 3.71. The maximum atomic E-state index is 4.32. The highest BCUT2D eigenvalue weighted by Gasteiger charge is 2.11. The lowest BCUT2D eigenvalue weighted by Crippen LogP contribution is -2.22. The van der Waals surface area contributed by atoms with Gasteiger partial charge in [-0.3, -0.25) is 4.98 Å². The predicted molar refractivity (Wildman–Crippen MR) is 64.8 cm³/mol. The van der Waals surface area contributed by atoms with Crippen molar-refractivity contribution in [3.8, 4) is 0 Å². The van der Waals surface area contributed by atoms with E-state index >= 15 is 0 Å². The molecule has 0 amide bonds. The molecule has 1 N–H and O–H groups in total. The molecule has 1 rings (SSSR count). The molecule has 15 heavy (non-hydrogen) atoms. The third-order valence-electron chi connectivity index (χ3n) is 2.47. The fourth-order valence-electron chi connectivity index (χ4n) is 1.67. The van der Waals surface area contributed by atoms with Crippen molar-refractivity contribution in [3.63, 3.8) is 0 Å². The minimum atomic E-state index is 0.358. The number of aryl methyl sites for hydroxylation is 1. The number of hydrogen-bond donors (Lipinski definition) is 1. The van der Waals surface area contributed by atoms with Crippen LogP contribution in [0.1, 0.15) is 37.1 Å². The molecule has 0 aromatic carbocycles. The SMILES string of the molecule is C=CCC(NCCC)c1cccnc1C. The van der Waals surface area contributed by atoms with E-state index in [1.54, 1.807) is 0 Å². The fraction of sp³-hybridized carbons (Fsp3) is 0.462. The van der Waals surface area contributed by atoms with Crippen LogP contribution in [-0.2, 0) is 0 Å². The molecule has 0 aliphatic heterocycles. The molecule has 0 spiro atoms. The molecule has 2 nitrogen and oxygen atoms in total. The third kappa shape index (κ3) is 3.48. The number of rotatable bonds is 6. The van der Waals surface area contributed by atoms with Gasteiger partial charge in [0.2, 0.25) is 0 Å². The van der Waals surface area contributed by atoms with Crippen molar-refractivity contribution >= 4 is 0 Å². The Hall–Kier alpha value is -1.15. The van der Waals surface area contributed by atoms with Crippen molar-refractivity contribution < 1.29 is 0 Å². The van der Waals surface area contributed by atoms with E-state index in [1.807, 2.05) is 18.3 Å². The first-order chi connectivity index (χ1) is 7.29. The van der Waals surface area contributed by atoms with Gasteiger partial charge in [-0.2, -0.15) is 0 Å². The topological polar surface area (TPSA) is 24.9 Å². The number of aromatic nitrogens is 1. The summed E-state index contributed by atoms with van der Waals surface area (Å²) in [6, 6.07) is 4.49. The van der Waals surface area contributed by atoms with Gasteiger partial charge in [-0.05, 0) is 37.9 Å². The van der Waals surface area contributed by atoms with Gasteiger partial charge in [0.1, 0.15) is 0 Å². The van der Waals surface area contributed by atoms with Crippen LogP contribution in [0.25, 0.3) is 0 Å². The number of hydrogen-bond acceptors (Lipinski definition) is 2. The van der Waals surface area contributed by atoms with Crippen LogP contribution in [-0.4, -0.2) is 11.5 Å². The van der Waals surface area contributed by atoms with E-state index in [1.165, 1.54) is 5.56 Å². The first-order valence-electron chi connectivity index (χ1n) is 5.55. The lowest BCUT2D eigenvalue weighted by molar-refractivity contribution is 0.533. The zero-order valence-corrected chi connectivity index (χ0v) is 9.66. The minimum Gasteiger partial charge on any atom is -0.310 e. The summed E-state index contributed by atoms with van der Waals surface area (Å²) in [6.07, 6.45) is 5.89. The van der Waals surface area contributed by atoms with Gasteiger partial charge in [0.25, 0.3) is 0 Å². The molecule has 1 heterocycles. The highest BCUT2D eigenvalue weighted by atomic mass is 14.9. The average Bonchev–Trinajstić information content (AvgIpc) is 2.25. The minimum absolute atomic E-state index is 0.358. The fourth-order valence-corrected chi connectivity index (χ4v) is 1.67. The van der Waals surface area contributed by atoms with E-state index in [-0.39, 0.29) is 0 Å². The smallest absolute Gasteiger partial charge is 0.0420 e. The molecular weight excluding hydrogens is 184 g/mol. The van der Waals surface area contributed by atoms with Crippen LogP contribution >= 0.6 is 0 Å². The Kier molecular flexibility index (Phi) is 5.05. The molecular formula is C13H20N2. The largest absolute Gasteiger partial charge is 0.310 e. The zero-order valence-electron chi connectivity index (χ0n) is 9.66. The molecule has 0 fully saturated rings. The van der Waals surface area contributed by atoms with Gasteiger partial charge in [0.15, 0.2) is 0 Å². The number of nitrogens with zero attached hydrogens (tertiary/aromatic N) is 1. The van der Waals surface area contributed by atoms with Gasteiger partial charge in [-0.1, -0.05) is 19.1 Å². The highest BCUT2D eigenvalue weighted by molar-refractivity contribution is 5.23. The first-order valence-corrected chi connectivity index (χ1v) is 5.55. The van der Waals surface area contributed by atoms with Crippen LogP contribution in [0.2, 0.25) is 0 Å². The summed E-state index contributed by atoms with van der Waals surface area (Å²) in [5, 5.41) is 3.52.